The molecule has 152 valence electrons. The quantitative estimate of drug-likeness (QED) is 0.670. The summed E-state index contributed by atoms with van der Waals surface area (Å²) in [5, 5.41) is 0. The molecule has 2 aliphatic rings. The molecular formula is C21H27FN2O4. The highest BCUT2D eigenvalue weighted by atomic mass is 19.1. The van der Waals surface area contributed by atoms with E-state index in [1.165, 1.54) is 25.2 Å². The summed E-state index contributed by atoms with van der Waals surface area (Å²) in [7, 11) is 1.41. The van der Waals surface area contributed by atoms with E-state index in [9.17, 15) is 18.8 Å². The van der Waals surface area contributed by atoms with Crippen molar-refractivity contribution in [1.29, 1.82) is 0 Å². The summed E-state index contributed by atoms with van der Waals surface area (Å²) in [6.07, 6.45) is 2.38. The number of ether oxygens (including phenoxy) is 1. The van der Waals surface area contributed by atoms with Crippen LogP contribution < -0.4 is 0 Å². The fourth-order valence-corrected chi connectivity index (χ4v) is 4.13. The summed E-state index contributed by atoms with van der Waals surface area (Å²) in [5.41, 5.74) is -0.981. The van der Waals surface area contributed by atoms with Gasteiger partial charge in [0.2, 0.25) is 17.7 Å². The van der Waals surface area contributed by atoms with Crippen molar-refractivity contribution < 1.29 is 23.5 Å². The zero-order valence-electron chi connectivity index (χ0n) is 16.4. The van der Waals surface area contributed by atoms with E-state index in [0.29, 0.717) is 25.3 Å². The molecular weight excluding hydrogens is 363 g/mol. The molecule has 1 aromatic carbocycles. The maximum absolute atomic E-state index is 13.9. The molecule has 7 heteroatoms. The Bertz CT molecular complexity index is 763. The predicted molar refractivity (Wildman–Crippen MR) is 101 cm³/mol. The average molecular weight is 390 g/mol. The van der Waals surface area contributed by atoms with Gasteiger partial charge in [-0.15, -0.1) is 0 Å². The van der Waals surface area contributed by atoms with Crippen LogP contribution in [0.25, 0.3) is 0 Å². The van der Waals surface area contributed by atoms with Crippen molar-refractivity contribution in [2.75, 3.05) is 26.7 Å². The Hall–Kier alpha value is -2.28. The van der Waals surface area contributed by atoms with Crippen LogP contribution in [0.4, 0.5) is 4.39 Å². The highest BCUT2D eigenvalue weighted by molar-refractivity contribution is 6.10. The number of carbonyl (C=O) groups is 3. The number of rotatable bonds is 7. The molecule has 0 aromatic heterocycles. The second-order valence-corrected chi connectivity index (χ2v) is 7.68. The van der Waals surface area contributed by atoms with Crippen LogP contribution in [-0.2, 0) is 24.5 Å². The summed E-state index contributed by atoms with van der Waals surface area (Å²) in [6.45, 7) is 3.71. The van der Waals surface area contributed by atoms with Crippen LogP contribution in [0.5, 0.6) is 0 Å². The number of amides is 3. The first-order valence-corrected chi connectivity index (χ1v) is 9.84. The summed E-state index contributed by atoms with van der Waals surface area (Å²) < 4.78 is 19.5. The standard InChI is InChI=1S/C21H27FN2O4/c1-3-9-24(14-17-8-5-10-28-17)19(26)13-21(12-18(25)23(2)20(21)27)15-6-4-7-16(22)11-15/h4,6-7,11,17H,3,5,8-10,12-14H2,1-2H3/t17-,21+/m1/s1. The van der Waals surface area contributed by atoms with Crippen LogP contribution in [0.1, 0.15) is 44.6 Å². The summed E-state index contributed by atoms with van der Waals surface area (Å²) >= 11 is 0. The molecule has 1 aromatic rings. The topological polar surface area (TPSA) is 66.9 Å². The number of nitrogens with zero attached hydrogens (tertiary/aromatic N) is 2. The zero-order valence-corrected chi connectivity index (χ0v) is 16.4. The third-order valence-corrected chi connectivity index (χ3v) is 5.67. The number of likely N-dealkylation sites (N-methyl/N-ethyl adjacent to an activating group) is 1. The van der Waals surface area contributed by atoms with Gasteiger partial charge >= 0.3 is 0 Å². The van der Waals surface area contributed by atoms with Crippen LogP contribution in [0.3, 0.4) is 0 Å². The molecule has 2 heterocycles. The van der Waals surface area contributed by atoms with Gasteiger partial charge in [-0.1, -0.05) is 19.1 Å². The predicted octanol–water partition coefficient (Wildman–Crippen LogP) is 2.26. The van der Waals surface area contributed by atoms with E-state index < -0.39 is 17.1 Å². The van der Waals surface area contributed by atoms with Crippen molar-refractivity contribution in [3.63, 3.8) is 0 Å². The van der Waals surface area contributed by atoms with Crippen LogP contribution in [0.2, 0.25) is 0 Å². The number of hydrogen-bond donors (Lipinski definition) is 0. The van der Waals surface area contributed by atoms with Crippen LogP contribution in [0.15, 0.2) is 24.3 Å². The number of imide groups is 1. The van der Waals surface area contributed by atoms with Crippen LogP contribution >= 0.6 is 0 Å². The smallest absolute Gasteiger partial charge is 0.240 e. The molecule has 0 spiro atoms. The van der Waals surface area contributed by atoms with E-state index in [-0.39, 0.29) is 30.8 Å². The number of halogens is 1. The molecule has 2 aliphatic heterocycles. The van der Waals surface area contributed by atoms with Crippen molar-refractivity contribution >= 4 is 17.7 Å². The second-order valence-electron chi connectivity index (χ2n) is 7.68. The Balaban J connectivity index is 1.89. The van der Waals surface area contributed by atoms with Gasteiger partial charge in [-0.3, -0.25) is 19.3 Å². The number of carbonyl (C=O) groups excluding carboxylic acids is 3. The normalized spacial score (nSPS) is 24.8. The summed E-state index contributed by atoms with van der Waals surface area (Å²) in [5.74, 6) is -1.52. The largest absolute Gasteiger partial charge is 0.376 e. The Morgan fingerprint density at radius 1 is 1.39 bits per heavy atom. The van der Waals surface area contributed by atoms with Crippen LogP contribution in [-0.4, -0.2) is 60.4 Å². The monoisotopic (exact) mass is 390 g/mol. The SMILES string of the molecule is CCCN(C[C@H]1CCCO1)C(=O)C[C@]1(c2cccc(F)c2)CC(=O)N(C)C1=O. The van der Waals surface area contributed by atoms with E-state index in [0.717, 1.165) is 24.2 Å². The molecule has 0 unspecified atom stereocenters. The van der Waals surface area contributed by atoms with E-state index in [4.69, 9.17) is 4.74 Å². The van der Waals surface area contributed by atoms with Gasteiger partial charge < -0.3 is 9.64 Å². The number of likely N-dealkylation sites (tertiary alicyclic amines) is 1. The van der Waals surface area contributed by atoms with Gasteiger partial charge in [0.15, 0.2) is 0 Å². The maximum atomic E-state index is 13.9. The molecule has 0 N–H and O–H groups in total. The van der Waals surface area contributed by atoms with Gasteiger partial charge in [0.05, 0.1) is 11.5 Å². The maximum Gasteiger partial charge on any atom is 0.240 e. The highest BCUT2D eigenvalue weighted by Crippen LogP contribution is 2.40. The van der Waals surface area contributed by atoms with Crippen molar-refractivity contribution in [3.8, 4) is 0 Å². The average Bonchev–Trinajstić information content (AvgIpc) is 3.25. The molecule has 2 atom stereocenters. The van der Waals surface area contributed by atoms with Gasteiger partial charge in [0, 0.05) is 39.6 Å². The van der Waals surface area contributed by atoms with Crippen molar-refractivity contribution in [3.05, 3.63) is 35.6 Å². The number of hydrogen-bond acceptors (Lipinski definition) is 4. The lowest BCUT2D eigenvalue weighted by Crippen LogP contribution is -2.45. The Labute approximate surface area is 164 Å². The third-order valence-electron chi connectivity index (χ3n) is 5.67. The van der Waals surface area contributed by atoms with Gasteiger partial charge in [-0.2, -0.15) is 0 Å². The lowest BCUT2D eigenvalue weighted by Gasteiger charge is -2.31. The molecule has 3 rings (SSSR count). The van der Waals surface area contributed by atoms with E-state index >= 15 is 0 Å². The van der Waals surface area contributed by atoms with Gasteiger partial charge in [-0.05, 0) is 37.0 Å². The fourth-order valence-electron chi connectivity index (χ4n) is 4.13. The van der Waals surface area contributed by atoms with E-state index in [2.05, 4.69) is 0 Å². The molecule has 0 aliphatic carbocycles. The van der Waals surface area contributed by atoms with Gasteiger partial charge in [0.1, 0.15) is 5.82 Å². The second kappa shape index (κ2) is 8.39. The molecule has 6 nitrogen and oxygen atoms in total. The number of benzene rings is 1. The minimum absolute atomic E-state index is 0.00389. The molecule has 0 saturated carbocycles. The zero-order chi connectivity index (χ0) is 20.3. The van der Waals surface area contributed by atoms with E-state index in [1.807, 2.05) is 6.92 Å². The molecule has 28 heavy (non-hydrogen) atoms. The van der Waals surface area contributed by atoms with E-state index in [1.54, 1.807) is 11.0 Å². The molecule has 3 amide bonds. The lowest BCUT2D eigenvalue weighted by atomic mass is 9.75. The molecule has 0 radical (unpaired) electrons. The van der Waals surface area contributed by atoms with Crippen LogP contribution in [0, 0.1) is 5.82 Å². The summed E-state index contributed by atoms with van der Waals surface area (Å²) in [6, 6.07) is 5.65. The fraction of sp³-hybridized carbons (Fsp3) is 0.571. The van der Waals surface area contributed by atoms with Gasteiger partial charge in [0.25, 0.3) is 0 Å². The van der Waals surface area contributed by atoms with Gasteiger partial charge in [-0.25, -0.2) is 4.39 Å². The Kier molecular flexibility index (Phi) is 6.13. The first kappa shape index (κ1) is 20.5. The van der Waals surface area contributed by atoms with Crippen molar-refractivity contribution in [2.24, 2.45) is 0 Å². The third kappa shape index (κ3) is 3.94. The van der Waals surface area contributed by atoms with Crippen molar-refractivity contribution in [2.45, 2.75) is 50.5 Å². The Morgan fingerprint density at radius 3 is 2.75 bits per heavy atom. The molecule has 0 bridgehead atoms. The minimum atomic E-state index is -1.35. The first-order valence-electron chi connectivity index (χ1n) is 9.84. The lowest BCUT2D eigenvalue weighted by molar-refractivity contribution is -0.142. The molecule has 2 fully saturated rings. The summed E-state index contributed by atoms with van der Waals surface area (Å²) in [4.78, 5) is 41.2. The Morgan fingerprint density at radius 2 is 2.18 bits per heavy atom. The minimum Gasteiger partial charge on any atom is -0.376 e. The van der Waals surface area contributed by atoms with Crippen molar-refractivity contribution in [1.82, 2.24) is 9.80 Å². The first-order chi connectivity index (χ1) is 13.4. The molecule has 2 saturated heterocycles. The highest BCUT2D eigenvalue weighted by Gasteiger charge is 2.53.